The lowest BCUT2D eigenvalue weighted by atomic mass is 10.1. The first-order valence-electron chi connectivity index (χ1n) is 8.41. The lowest BCUT2D eigenvalue weighted by Gasteiger charge is -2.25. The lowest BCUT2D eigenvalue weighted by molar-refractivity contribution is 0.479. The van der Waals surface area contributed by atoms with E-state index in [4.69, 9.17) is 0 Å². The fraction of sp³-hybridized carbons (Fsp3) is 0.500. The van der Waals surface area contributed by atoms with Crippen LogP contribution in [-0.2, 0) is 0 Å². The SMILES string of the molecule is CC(C)(C)Nc1nc(C#N)cc2cnc(NC3CCCNC3)cc12. The van der Waals surface area contributed by atoms with Crippen LogP contribution in [0.5, 0.6) is 0 Å². The van der Waals surface area contributed by atoms with Crippen molar-refractivity contribution in [2.75, 3.05) is 23.7 Å². The van der Waals surface area contributed by atoms with E-state index in [-0.39, 0.29) is 5.54 Å². The molecule has 0 aliphatic carbocycles. The molecule has 3 rings (SSSR count). The molecule has 1 aliphatic heterocycles. The fourth-order valence-corrected chi connectivity index (χ4v) is 2.92. The summed E-state index contributed by atoms with van der Waals surface area (Å²) in [4.78, 5) is 8.96. The highest BCUT2D eigenvalue weighted by molar-refractivity contribution is 5.94. The number of aromatic nitrogens is 2. The molecule has 1 saturated heterocycles. The second kappa shape index (κ2) is 6.62. The van der Waals surface area contributed by atoms with Crippen molar-refractivity contribution >= 4 is 22.4 Å². The van der Waals surface area contributed by atoms with Crippen LogP contribution in [0.15, 0.2) is 18.3 Å². The standard InChI is InChI=1S/C18H24N6/c1-18(2,3)24-17-15-8-16(22-13-5-4-6-20-11-13)21-10-12(15)7-14(9-19)23-17/h7-8,10,13,20H,4-6,11H2,1-3H3,(H,21,22)(H,23,24). The average molecular weight is 324 g/mol. The van der Waals surface area contributed by atoms with Gasteiger partial charge in [0.15, 0.2) is 0 Å². The van der Waals surface area contributed by atoms with Gasteiger partial charge in [0.2, 0.25) is 0 Å². The summed E-state index contributed by atoms with van der Waals surface area (Å²) in [6, 6.07) is 6.32. The van der Waals surface area contributed by atoms with Crippen LogP contribution >= 0.6 is 0 Å². The number of fused-ring (bicyclic) bond motifs is 1. The summed E-state index contributed by atoms with van der Waals surface area (Å²) in [6.07, 6.45) is 4.13. The first-order valence-corrected chi connectivity index (χ1v) is 8.41. The van der Waals surface area contributed by atoms with E-state index in [1.54, 1.807) is 6.07 Å². The molecule has 1 aliphatic rings. The third kappa shape index (κ3) is 3.92. The smallest absolute Gasteiger partial charge is 0.143 e. The number of piperidine rings is 1. The highest BCUT2D eigenvalue weighted by Crippen LogP contribution is 2.27. The molecule has 6 heteroatoms. The Morgan fingerprint density at radius 3 is 2.83 bits per heavy atom. The molecule has 6 nitrogen and oxygen atoms in total. The molecule has 24 heavy (non-hydrogen) atoms. The Labute approximate surface area is 142 Å². The third-order valence-electron chi connectivity index (χ3n) is 3.97. The number of nitrogens with one attached hydrogen (secondary N) is 3. The predicted octanol–water partition coefficient (Wildman–Crippen LogP) is 2.88. The molecule has 0 amide bonds. The van der Waals surface area contributed by atoms with E-state index in [9.17, 15) is 5.26 Å². The maximum absolute atomic E-state index is 9.21. The Morgan fingerprint density at radius 1 is 1.33 bits per heavy atom. The van der Waals surface area contributed by atoms with Gasteiger partial charge in [-0.1, -0.05) is 0 Å². The van der Waals surface area contributed by atoms with Crippen molar-refractivity contribution in [2.45, 2.75) is 45.2 Å². The van der Waals surface area contributed by atoms with Gasteiger partial charge in [-0.3, -0.25) is 0 Å². The van der Waals surface area contributed by atoms with E-state index in [0.717, 1.165) is 41.9 Å². The zero-order valence-corrected chi connectivity index (χ0v) is 14.5. The number of hydrogen-bond acceptors (Lipinski definition) is 6. The Balaban J connectivity index is 1.97. The Hall–Kier alpha value is -2.39. The molecule has 3 N–H and O–H groups in total. The molecule has 1 fully saturated rings. The van der Waals surface area contributed by atoms with Gasteiger partial charge in [-0.25, -0.2) is 9.97 Å². The van der Waals surface area contributed by atoms with Gasteiger partial charge in [0.1, 0.15) is 23.4 Å². The zero-order chi connectivity index (χ0) is 17.2. The van der Waals surface area contributed by atoms with Crippen molar-refractivity contribution < 1.29 is 0 Å². The minimum absolute atomic E-state index is 0.141. The summed E-state index contributed by atoms with van der Waals surface area (Å²) in [5, 5.41) is 21.4. The van der Waals surface area contributed by atoms with Crippen LogP contribution in [-0.4, -0.2) is 34.6 Å². The van der Waals surface area contributed by atoms with Crippen LogP contribution < -0.4 is 16.0 Å². The molecule has 0 spiro atoms. The van der Waals surface area contributed by atoms with Gasteiger partial charge in [0.05, 0.1) is 0 Å². The molecule has 2 aromatic heterocycles. The van der Waals surface area contributed by atoms with Gasteiger partial charge in [0, 0.05) is 35.1 Å². The summed E-state index contributed by atoms with van der Waals surface area (Å²) < 4.78 is 0. The molecule has 0 radical (unpaired) electrons. The minimum atomic E-state index is -0.141. The van der Waals surface area contributed by atoms with Crippen LogP contribution in [0.25, 0.3) is 10.8 Å². The molecule has 0 aromatic carbocycles. The summed E-state index contributed by atoms with van der Waals surface area (Å²) in [7, 11) is 0. The highest BCUT2D eigenvalue weighted by Gasteiger charge is 2.16. The molecule has 1 unspecified atom stereocenters. The number of hydrogen-bond donors (Lipinski definition) is 3. The average Bonchev–Trinajstić information content (AvgIpc) is 2.54. The highest BCUT2D eigenvalue weighted by atomic mass is 15.1. The maximum Gasteiger partial charge on any atom is 0.143 e. The minimum Gasteiger partial charge on any atom is -0.366 e. The molecule has 1 atom stereocenters. The zero-order valence-electron chi connectivity index (χ0n) is 14.5. The van der Waals surface area contributed by atoms with Gasteiger partial charge >= 0.3 is 0 Å². The largest absolute Gasteiger partial charge is 0.366 e. The van der Waals surface area contributed by atoms with Crippen molar-refractivity contribution in [1.29, 1.82) is 5.26 Å². The van der Waals surface area contributed by atoms with Gasteiger partial charge in [-0.05, 0) is 52.3 Å². The Kier molecular flexibility index (Phi) is 4.54. The Bertz CT molecular complexity index is 765. The van der Waals surface area contributed by atoms with E-state index < -0.39 is 0 Å². The van der Waals surface area contributed by atoms with Crippen molar-refractivity contribution in [2.24, 2.45) is 0 Å². The maximum atomic E-state index is 9.21. The van der Waals surface area contributed by atoms with E-state index in [1.807, 2.05) is 12.3 Å². The van der Waals surface area contributed by atoms with Gasteiger partial charge in [-0.2, -0.15) is 5.26 Å². The van der Waals surface area contributed by atoms with Gasteiger partial charge in [0.25, 0.3) is 0 Å². The monoisotopic (exact) mass is 324 g/mol. The Morgan fingerprint density at radius 2 is 2.17 bits per heavy atom. The van der Waals surface area contributed by atoms with Crippen LogP contribution in [0, 0.1) is 11.3 Å². The molecular weight excluding hydrogens is 300 g/mol. The van der Waals surface area contributed by atoms with Crippen molar-refractivity contribution in [3.63, 3.8) is 0 Å². The summed E-state index contributed by atoms with van der Waals surface area (Å²) >= 11 is 0. The second-order valence-corrected chi connectivity index (χ2v) is 7.32. The topological polar surface area (TPSA) is 85.7 Å². The van der Waals surface area contributed by atoms with E-state index in [1.165, 1.54) is 6.42 Å². The van der Waals surface area contributed by atoms with Crippen LogP contribution in [0.4, 0.5) is 11.6 Å². The molecule has 0 saturated carbocycles. The number of rotatable bonds is 3. The van der Waals surface area contributed by atoms with Crippen molar-refractivity contribution in [3.8, 4) is 6.07 Å². The molecule has 0 bridgehead atoms. The molecule has 2 aromatic rings. The van der Waals surface area contributed by atoms with Crippen LogP contribution in [0.3, 0.4) is 0 Å². The summed E-state index contributed by atoms with van der Waals surface area (Å²) in [5.41, 5.74) is 0.256. The lowest BCUT2D eigenvalue weighted by Crippen LogP contribution is -2.38. The van der Waals surface area contributed by atoms with E-state index >= 15 is 0 Å². The third-order valence-corrected chi connectivity index (χ3v) is 3.97. The first-order chi connectivity index (χ1) is 11.4. The van der Waals surface area contributed by atoms with E-state index in [0.29, 0.717) is 11.7 Å². The van der Waals surface area contributed by atoms with Crippen molar-refractivity contribution in [3.05, 3.63) is 24.0 Å². The van der Waals surface area contributed by atoms with Gasteiger partial charge in [-0.15, -0.1) is 0 Å². The van der Waals surface area contributed by atoms with Crippen LogP contribution in [0.1, 0.15) is 39.3 Å². The number of anilines is 2. The van der Waals surface area contributed by atoms with Crippen LogP contribution in [0.2, 0.25) is 0 Å². The normalized spacial score (nSPS) is 18.2. The second-order valence-electron chi connectivity index (χ2n) is 7.32. The van der Waals surface area contributed by atoms with Crippen molar-refractivity contribution in [1.82, 2.24) is 15.3 Å². The summed E-state index contributed by atoms with van der Waals surface area (Å²) in [5.74, 6) is 1.57. The molecule has 3 heterocycles. The first kappa shape index (κ1) is 16.5. The quantitative estimate of drug-likeness (QED) is 0.805. The predicted molar refractivity (Wildman–Crippen MR) is 97.1 cm³/mol. The molecular formula is C18H24N6. The summed E-state index contributed by atoms with van der Waals surface area (Å²) in [6.45, 7) is 8.27. The van der Waals surface area contributed by atoms with E-state index in [2.05, 4.69) is 52.8 Å². The van der Waals surface area contributed by atoms with Gasteiger partial charge < -0.3 is 16.0 Å². The number of nitrogens with zero attached hydrogens (tertiary/aromatic N) is 3. The number of pyridine rings is 2. The number of nitriles is 1. The molecule has 126 valence electrons. The fourth-order valence-electron chi connectivity index (χ4n) is 2.92.